The largest absolute Gasteiger partial charge is 2.00 e. The molecule has 0 radical (unpaired) electrons. The number of cyclic esters (lactones) is 1. The van der Waals surface area contributed by atoms with Crippen LogP contribution in [0.25, 0.3) is 0 Å². The van der Waals surface area contributed by atoms with Gasteiger partial charge in [-0.15, -0.1) is 0 Å². The van der Waals surface area contributed by atoms with E-state index in [1.165, 1.54) is 11.0 Å². The molecule has 3 aliphatic rings. The molecule has 4 atom stereocenters. The maximum atomic E-state index is 14.4. The second kappa shape index (κ2) is 5.28. The fourth-order valence-corrected chi connectivity index (χ4v) is 3.63. The number of amides is 1. The van der Waals surface area contributed by atoms with Crippen LogP contribution >= 0.6 is 0 Å². The number of aliphatic hydroxyl groups is 1. The molecule has 1 saturated carbocycles. The van der Waals surface area contributed by atoms with Crippen LogP contribution in [0, 0.1) is 31.5 Å². The summed E-state index contributed by atoms with van der Waals surface area (Å²) < 4.78 is 19.5. The quantitative estimate of drug-likeness (QED) is 0.661. The van der Waals surface area contributed by atoms with Crippen molar-refractivity contribution in [2.75, 3.05) is 11.5 Å². The number of benzene rings is 1. The van der Waals surface area contributed by atoms with E-state index in [9.17, 15) is 14.3 Å². The van der Waals surface area contributed by atoms with Crippen LogP contribution in [-0.2, 0) is 30.9 Å². The molecule has 1 aromatic rings. The number of rotatable bonds is 2. The third-order valence-electron chi connectivity index (χ3n) is 4.97. The first-order valence-electron chi connectivity index (χ1n) is 7.12. The Hall–Kier alpha value is -0.984. The molecule has 1 aromatic carbocycles. The van der Waals surface area contributed by atoms with Gasteiger partial charge in [-0.1, -0.05) is 12.0 Å². The third-order valence-corrected chi connectivity index (χ3v) is 4.97. The van der Waals surface area contributed by atoms with Gasteiger partial charge in [0.15, 0.2) is 0 Å². The van der Waals surface area contributed by atoms with E-state index in [1.54, 1.807) is 0 Å². The maximum Gasteiger partial charge on any atom is 2.00 e. The van der Waals surface area contributed by atoms with Gasteiger partial charge in [-0.05, 0) is 23.6 Å². The monoisotopic (exact) mass is 481 g/mol. The van der Waals surface area contributed by atoms with Crippen molar-refractivity contribution in [2.45, 2.75) is 24.5 Å². The van der Waals surface area contributed by atoms with Gasteiger partial charge in [-0.25, -0.2) is 9.18 Å². The molecule has 6 heteroatoms. The standard InChI is InChI=1S/C16H16FNO3.Os/c1-7-8(2)15(7)10-3-9-4-13-14(6-19)21-16(20)18(13)12(9)5-11(10)17;/h3,5,7-8,13-15,19H,1-2,4,6H2;/q-2;+2/t7?,8?,13-,14?,15?;/m0./s1. The second-order valence-electron chi connectivity index (χ2n) is 6.10. The number of halogens is 1. The Labute approximate surface area is 141 Å². The van der Waals surface area contributed by atoms with Gasteiger partial charge in [-0.3, -0.25) is 4.90 Å². The summed E-state index contributed by atoms with van der Waals surface area (Å²) in [6.07, 6.45) is -0.476. The zero-order chi connectivity index (χ0) is 14.9. The van der Waals surface area contributed by atoms with E-state index in [0.717, 1.165) is 5.56 Å². The number of anilines is 1. The van der Waals surface area contributed by atoms with Gasteiger partial charge < -0.3 is 23.7 Å². The zero-order valence-corrected chi connectivity index (χ0v) is 14.4. The average Bonchev–Trinajstić information content (AvgIpc) is 2.82. The number of hydrogen-bond acceptors (Lipinski definition) is 3. The van der Waals surface area contributed by atoms with Gasteiger partial charge in [0.25, 0.3) is 0 Å². The van der Waals surface area contributed by atoms with Crippen LogP contribution in [0.15, 0.2) is 12.1 Å². The Morgan fingerprint density at radius 2 is 2.05 bits per heavy atom. The fraction of sp³-hybridized carbons (Fsp3) is 0.438. The summed E-state index contributed by atoms with van der Waals surface area (Å²) >= 11 is 0. The van der Waals surface area contributed by atoms with E-state index in [1.807, 2.05) is 6.07 Å². The van der Waals surface area contributed by atoms with Crippen LogP contribution in [0.1, 0.15) is 17.0 Å². The van der Waals surface area contributed by atoms with Gasteiger partial charge in [0, 0.05) is 0 Å². The molecule has 1 saturated heterocycles. The van der Waals surface area contributed by atoms with Crippen LogP contribution in [0.3, 0.4) is 0 Å². The van der Waals surface area contributed by atoms with Gasteiger partial charge >= 0.3 is 25.9 Å². The molecule has 1 amide bonds. The van der Waals surface area contributed by atoms with Gasteiger partial charge in [0.1, 0.15) is 11.9 Å². The fourth-order valence-electron chi connectivity index (χ4n) is 3.63. The van der Waals surface area contributed by atoms with Crippen LogP contribution in [0.2, 0.25) is 0 Å². The van der Waals surface area contributed by atoms with E-state index >= 15 is 0 Å². The minimum Gasteiger partial charge on any atom is -0.441 e. The number of fused-ring (bicyclic) bond motifs is 3. The molecule has 118 valence electrons. The van der Waals surface area contributed by atoms with Crippen LogP contribution < -0.4 is 4.90 Å². The third kappa shape index (κ3) is 2.04. The Balaban J connectivity index is 0.00000144. The molecule has 0 aromatic heterocycles. The first kappa shape index (κ1) is 15.9. The minimum absolute atomic E-state index is 0. The number of hydrogen-bond donors (Lipinski definition) is 1. The van der Waals surface area contributed by atoms with E-state index in [0.29, 0.717) is 17.7 Å². The molecule has 4 rings (SSSR count). The van der Waals surface area contributed by atoms with Crippen molar-refractivity contribution in [1.29, 1.82) is 0 Å². The number of carbonyl (C=O) groups is 1. The Kier molecular flexibility index (Phi) is 3.82. The maximum absolute atomic E-state index is 14.4. The summed E-state index contributed by atoms with van der Waals surface area (Å²) in [6.45, 7) is 7.72. The van der Waals surface area contributed by atoms with Gasteiger partial charge in [0.05, 0.1) is 18.3 Å². The molecule has 1 aliphatic carbocycles. The van der Waals surface area contributed by atoms with Crippen LogP contribution in [0.4, 0.5) is 14.9 Å². The summed E-state index contributed by atoms with van der Waals surface area (Å²) in [4.78, 5) is 13.3. The molecule has 0 spiro atoms. The van der Waals surface area contributed by atoms with Crippen LogP contribution in [0.5, 0.6) is 0 Å². The van der Waals surface area contributed by atoms with Crippen molar-refractivity contribution in [3.63, 3.8) is 0 Å². The van der Waals surface area contributed by atoms with Crippen molar-refractivity contribution < 1.29 is 38.8 Å². The number of aliphatic hydroxyl groups excluding tert-OH is 1. The molecule has 3 unspecified atom stereocenters. The zero-order valence-electron chi connectivity index (χ0n) is 11.8. The summed E-state index contributed by atoms with van der Waals surface area (Å²) in [7, 11) is 0. The molecule has 4 nitrogen and oxygen atoms in total. The summed E-state index contributed by atoms with van der Waals surface area (Å²) in [5.74, 6) is 0.0357. The molecule has 22 heavy (non-hydrogen) atoms. The Bertz CT molecular complexity index is 630. The molecule has 2 heterocycles. The number of nitrogens with zero attached hydrogens (tertiary/aromatic N) is 1. The molecule has 2 aliphatic heterocycles. The summed E-state index contributed by atoms with van der Waals surface area (Å²) in [6, 6.07) is 3.00. The van der Waals surface area contributed by atoms with Crippen molar-refractivity contribution in [3.05, 3.63) is 42.9 Å². The number of carbonyl (C=O) groups excluding carboxylic acids is 1. The Morgan fingerprint density at radius 1 is 1.36 bits per heavy atom. The normalized spacial score (nSPS) is 34.8. The molecule has 0 bridgehead atoms. The van der Waals surface area contributed by atoms with Crippen LogP contribution in [-0.4, -0.2) is 30.0 Å². The molecule has 2 fully saturated rings. The topological polar surface area (TPSA) is 49.8 Å². The van der Waals surface area contributed by atoms with Crippen molar-refractivity contribution in [3.8, 4) is 0 Å². The second-order valence-corrected chi connectivity index (χ2v) is 6.10. The SMILES string of the molecule is [CH2-]C1C([CH2-])C1c1cc2c(cc1F)N1C(=O)OC(CO)[C@@H]1C2.[Os+2]. The van der Waals surface area contributed by atoms with E-state index in [-0.39, 0.29) is 56.0 Å². The van der Waals surface area contributed by atoms with Gasteiger partial charge in [0.2, 0.25) is 0 Å². The minimum atomic E-state index is -0.543. The van der Waals surface area contributed by atoms with Gasteiger partial charge in [-0.2, -0.15) is 11.8 Å². The number of ether oxygens (including phenoxy) is 1. The molecule has 1 N–H and O–H groups in total. The Morgan fingerprint density at radius 3 is 2.64 bits per heavy atom. The summed E-state index contributed by atoms with van der Waals surface area (Å²) in [5, 5.41) is 9.29. The average molecular weight is 480 g/mol. The van der Waals surface area contributed by atoms with E-state index < -0.39 is 12.2 Å². The van der Waals surface area contributed by atoms with Crippen molar-refractivity contribution in [1.82, 2.24) is 0 Å². The first-order chi connectivity index (χ1) is 10.0. The predicted octanol–water partition coefficient (Wildman–Crippen LogP) is 2.06. The van der Waals surface area contributed by atoms with E-state index in [2.05, 4.69) is 13.8 Å². The van der Waals surface area contributed by atoms with E-state index in [4.69, 9.17) is 4.74 Å². The first-order valence-corrected chi connectivity index (χ1v) is 7.12. The van der Waals surface area contributed by atoms with Crippen molar-refractivity contribution >= 4 is 11.8 Å². The summed E-state index contributed by atoms with van der Waals surface area (Å²) in [5.41, 5.74) is 2.13. The molecular weight excluding hydrogens is 463 g/mol. The van der Waals surface area contributed by atoms with Crippen molar-refractivity contribution in [2.24, 2.45) is 11.8 Å². The smallest absolute Gasteiger partial charge is 0.441 e. The predicted molar refractivity (Wildman–Crippen MR) is 74.2 cm³/mol. The molecular formula is C16H16FNO3Os.